The molecule has 1 heterocycles. The fraction of sp³-hybridized carbons (Fsp3) is 0.583. The largest absolute Gasteiger partial charge is 0.385 e. The van der Waals surface area contributed by atoms with Crippen LogP contribution in [-0.2, 0) is 4.74 Å². The van der Waals surface area contributed by atoms with E-state index in [2.05, 4.69) is 24.1 Å². The number of hydrogen-bond acceptors (Lipinski definition) is 3. The number of aromatic nitrogens is 1. The summed E-state index contributed by atoms with van der Waals surface area (Å²) in [4.78, 5) is 4.08. The highest BCUT2D eigenvalue weighted by Gasteiger charge is 2.12. The molecule has 0 aliphatic rings. The van der Waals surface area contributed by atoms with Gasteiger partial charge in [-0.15, -0.1) is 0 Å². The standard InChI is InChI=1S/C12H20N2O/c1-10(2)12(6-8-15-3)14-11-5-4-7-13-9-11/h4-5,7,9-10,12,14H,6,8H2,1-3H3. The molecule has 0 aliphatic carbocycles. The van der Waals surface area contributed by atoms with Crippen LogP contribution in [0.1, 0.15) is 20.3 Å². The van der Waals surface area contributed by atoms with Crippen LogP contribution in [0.15, 0.2) is 24.5 Å². The van der Waals surface area contributed by atoms with Gasteiger partial charge in [-0.3, -0.25) is 4.98 Å². The quantitative estimate of drug-likeness (QED) is 0.780. The molecule has 1 N–H and O–H groups in total. The van der Waals surface area contributed by atoms with E-state index in [0.29, 0.717) is 12.0 Å². The van der Waals surface area contributed by atoms with Crippen LogP contribution in [0.2, 0.25) is 0 Å². The zero-order valence-electron chi connectivity index (χ0n) is 9.73. The second-order valence-electron chi connectivity index (χ2n) is 4.02. The molecule has 0 aromatic carbocycles. The van der Waals surface area contributed by atoms with Gasteiger partial charge in [0.15, 0.2) is 0 Å². The van der Waals surface area contributed by atoms with Crippen LogP contribution in [0, 0.1) is 5.92 Å². The first-order valence-electron chi connectivity index (χ1n) is 5.39. The van der Waals surface area contributed by atoms with Crippen LogP contribution in [0.25, 0.3) is 0 Å². The molecule has 84 valence electrons. The van der Waals surface area contributed by atoms with E-state index >= 15 is 0 Å². The zero-order valence-corrected chi connectivity index (χ0v) is 9.73. The maximum Gasteiger partial charge on any atom is 0.0528 e. The van der Waals surface area contributed by atoms with E-state index in [4.69, 9.17) is 4.74 Å². The molecule has 0 fully saturated rings. The Morgan fingerprint density at radius 3 is 2.80 bits per heavy atom. The van der Waals surface area contributed by atoms with Crippen molar-refractivity contribution in [3.05, 3.63) is 24.5 Å². The third-order valence-corrected chi connectivity index (χ3v) is 2.45. The number of methoxy groups -OCH3 is 1. The number of nitrogens with one attached hydrogen (secondary N) is 1. The second-order valence-corrected chi connectivity index (χ2v) is 4.02. The molecule has 0 aliphatic heterocycles. The summed E-state index contributed by atoms with van der Waals surface area (Å²) in [6, 6.07) is 4.42. The van der Waals surface area contributed by atoms with E-state index in [0.717, 1.165) is 18.7 Å². The van der Waals surface area contributed by atoms with Crippen molar-refractivity contribution < 1.29 is 4.74 Å². The van der Waals surface area contributed by atoms with Crippen LogP contribution in [0.5, 0.6) is 0 Å². The molecule has 0 saturated carbocycles. The summed E-state index contributed by atoms with van der Waals surface area (Å²) in [7, 11) is 1.74. The Kier molecular flexibility index (Phi) is 5.12. The number of rotatable bonds is 6. The lowest BCUT2D eigenvalue weighted by Gasteiger charge is -2.23. The van der Waals surface area contributed by atoms with Gasteiger partial charge in [-0.1, -0.05) is 13.8 Å². The van der Waals surface area contributed by atoms with E-state index in [9.17, 15) is 0 Å². The van der Waals surface area contributed by atoms with Crippen LogP contribution < -0.4 is 5.32 Å². The van der Waals surface area contributed by atoms with Crippen molar-refractivity contribution >= 4 is 5.69 Å². The first-order valence-corrected chi connectivity index (χ1v) is 5.39. The zero-order chi connectivity index (χ0) is 11.1. The Morgan fingerprint density at radius 1 is 1.47 bits per heavy atom. The monoisotopic (exact) mass is 208 g/mol. The number of nitrogens with zero attached hydrogens (tertiary/aromatic N) is 1. The minimum atomic E-state index is 0.439. The predicted octanol–water partition coefficient (Wildman–Crippen LogP) is 2.55. The molecular weight excluding hydrogens is 188 g/mol. The van der Waals surface area contributed by atoms with Crippen molar-refractivity contribution in [3.63, 3.8) is 0 Å². The van der Waals surface area contributed by atoms with Gasteiger partial charge in [0.1, 0.15) is 0 Å². The van der Waals surface area contributed by atoms with Crippen LogP contribution in [-0.4, -0.2) is 24.7 Å². The Hall–Kier alpha value is -1.09. The average molecular weight is 208 g/mol. The lowest BCUT2D eigenvalue weighted by atomic mass is 10.0. The lowest BCUT2D eigenvalue weighted by molar-refractivity contribution is 0.184. The first kappa shape index (κ1) is 12.0. The van der Waals surface area contributed by atoms with Crippen molar-refractivity contribution in [1.29, 1.82) is 0 Å². The molecule has 0 amide bonds. The van der Waals surface area contributed by atoms with Crippen molar-refractivity contribution in [3.8, 4) is 0 Å². The minimum absolute atomic E-state index is 0.439. The molecular formula is C12H20N2O. The van der Waals surface area contributed by atoms with Gasteiger partial charge < -0.3 is 10.1 Å². The Balaban J connectivity index is 2.51. The molecule has 1 unspecified atom stereocenters. The third-order valence-electron chi connectivity index (χ3n) is 2.45. The maximum atomic E-state index is 5.10. The molecule has 0 spiro atoms. The summed E-state index contributed by atoms with van der Waals surface area (Å²) in [5.41, 5.74) is 1.08. The Morgan fingerprint density at radius 2 is 2.27 bits per heavy atom. The van der Waals surface area contributed by atoms with Gasteiger partial charge in [-0.2, -0.15) is 0 Å². The fourth-order valence-electron chi connectivity index (χ4n) is 1.48. The highest BCUT2D eigenvalue weighted by molar-refractivity contribution is 5.40. The van der Waals surface area contributed by atoms with E-state index < -0.39 is 0 Å². The summed E-state index contributed by atoms with van der Waals surface area (Å²) in [6.07, 6.45) is 4.65. The van der Waals surface area contributed by atoms with Crippen molar-refractivity contribution in [2.24, 2.45) is 5.92 Å². The smallest absolute Gasteiger partial charge is 0.0528 e. The van der Waals surface area contributed by atoms with Crippen LogP contribution >= 0.6 is 0 Å². The predicted molar refractivity (Wildman–Crippen MR) is 63.0 cm³/mol. The third kappa shape index (κ3) is 4.30. The summed E-state index contributed by atoms with van der Waals surface area (Å²) in [5.74, 6) is 0.584. The summed E-state index contributed by atoms with van der Waals surface area (Å²) < 4.78 is 5.10. The average Bonchev–Trinajstić information content (AvgIpc) is 2.25. The van der Waals surface area contributed by atoms with Gasteiger partial charge in [0.2, 0.25) is 0 Å². The molecule has 1 atom stereocenters. The number of pyridine rings is 1. The molecule has 0 radical (unpaired) electrons. The van der Waals surface area contributed by atoms with E-state index in [1.54, 1.807) is 13.3 Å². The van der Waals surface area contributed by atoms with Gasteiger partial charge in [-0.05, 0) is 24.5 Å². The Bertz CT molecular complexity index is 262. The fourth-order valence-corrected chi connectivity index (χ4v) is 1.48. The number of ether oxygens (including phenoxy) is 1. The second kappa shape index (κ2) is 6.40. The Labute approximate surface area is 91.9 Å². The molecule has 1 rings (SSSR count). The van der Waals surface area contributed by atoms with Gasteiger partial charge in [0.05, 0.1) is 5.69 Å². The van der Waals surface area contributed by atoms with Gasteiger partial charge in [0.25, 0.3) is 0 Å². The maximum absolute atomic E-state index is 5.10. The van der Waals surface area contributed by atoms with E-state index in [1.165, 1.54) is 0 Å². The first-order chi connectivity index (χ1) is 7.24. The molecule has 1 aromatic rings. The van der Waals surface area contributed by atoms with Crippen LogP contribution in [0.3, 0.4) is 0 Å². The van der Waals surface area contributed by atoms with Gasteiger partial charge in [0, 0.05) is 32.2 Å². The summed E-state index contributed by atoms with van der Waals surface area (Å²) in [5, 5.41) is 3.47. The molecule has 0 saturated heterocycles. The summed E-state index contributed by atoms with van der Waals surface area (Å²) >= 11 is 0. The molecule has 3 heteroatoms. The van der Waals surface area contributed by atoms with E-state index in [1.807, 2.05) is 18.3 Å². The van der Waals surface area contributed by atoms with Crippen molar-refractivity contribution in [2.75, 3.05) is 19.0 Å². The highest BCUT2D eigenvalue weighted by Crippen LogP contribution is 2.13. The van der Waals surface area contributed by atoms with Gasteiger partial charge in [-0.25, -0.2) is 0 Å². The normalized spacial score (nSPS) is 12.8. The van der Waals surface area contributed by atoms with Crippen molar-refractivity contribution in [2.45, 2.75) is 26.3 Å². The lowest BCUT2D eigenvalue weighted by Crippen LogP contribution is -2.27. The number of anilines is 1. The molecule has 3 nitrogen and oxygen atoms in total. The molecule has 1 aromatic heterocycles. The van der Waals surface area contributed by atoms with Gasteiger partial charge >= 0.3 is 0 Å². The number of hydrogen-bond donors (Lipinski definition) is 1. The minimum Gasteiger partial charge on any atom is -0.385 e. The summed E-state index contributed by atoms with van der Waals surface area (Å²) in [6.45, 7) is 5.21. The van der Waals surface area contributed by atoms with Crippen molar-refractivity contribution in [1.82, 2.24) is 4.98 Å². The molecule has 15 heavy (non-hydrogen) atoms. The van der Waals surface area contributed by atoms with Crippen LogP contribution in [0.4, 0.5) is 5.69 Å². The molecule has 0 bridgehead atoms. The van der Waals surface area contributed by atoms with E-state index in [-0.39, 0.29) is 0 Å². The SMILES string of the molecule is COCCC(Nc1cccnc1)C(C)C. The highest BCUT2D eigenvalue weighted by atomic mass is 16.5. The topological polar surface area (TPSA) is 34.1 Å².